The van der Waals surface area contributed by atoms with Crippen LogP contribution in [-0.4, -0.2) is 36.9 Å². The lowest BCUT2D eigenvalue weighted by molar-refractivity contribution is 0.0696. The molecule has 5 rings (SSSR count). The summed E-state index contributed by atoms with van der Waals surface area (Å²) in [5, 5.41) is 11.8. The Bertz CT molecular complexity index is 1600. The fourth-order valence-corrected chi connectivity index (χ4v) is 3.53. The number of benzene rings is 3. The van der Waals surface area contributed by atoms with Gasteiger partial charge in [-0.1, -0.05) is 18.2 Å². The number of rotatable bonds is 5. The zero-order valence-corrected chi connectivity index (χ0v) is 18.0. The number of anilines is 2. The van der Waals surface area contributed by atoms with Crippen LogP contribution in [0.25, 0.3) is 33.8 Å². The van der Waals surface area contributed by atoms with Crippen molar-refractivity contribution in [2.45, 2.75) is 0 Å². The third kappa shape index (κ3) is 4.40. The Morgan fingerprint density at radius 3 is 2.51 bits per heavy atom. The van der Waals surface area contributed by atoms with Crippen molar-refractivity contribution in [1.29, 1.82) is 0 Å². The second kappa shape index (κ2) is 8.67. The van der Waals surface area contributed by atoms with Crippen LogP contribution in [-0.2, 0) is 0 Å². The summed E-state index contributed by atoms with van der Waals surface area (Å²) >= 11 is 0. The van der Waals surface area contributed by atoms with E-state index in [0.717, 1.165) is 6.07 Å². The number of carbonyl (C=O) groups is 2. The number of hydrogen-bond donors (Lipinski definition) is 4. The summed E-state index contributed by atoms with van der Waals surface area (Å²) in [6, 6.07) is 16.8. The van der Waals surface area contributed by atoms with Gasteiger partial charge in [0.15, 0.2) is 11.6 Å². The fourth-order valence-electron chi connectivity index (χ4n) is 3.53. The van der Waals surface area contributed by atoms with E-state index in [2.05, 4.69) is 25.3 Å². The van der Waals surface area contributed by atoms with Crippen LogP contribution in [0.4, 0.5) is 15.9 Å². The van der Waals surface area contributed by atoms with E-state index in [4.69, 9.17) is 10.8 Å². The smallest absolute Gasteiger partial charge is 0.335 e. The van der Waals surface area contributed by atoms with Gasteiger partial charge in [-0.3, -0.25) is 4.79 Å². The lowest BCUT2D eigenvalue weighted by Gasteiger charge is -2.06. The molecule has 0 spiro atoms. The van der Waals surface area contributed by atoms with Gasteiger partial charge in [0.25, 0.3) is 5.91 Å². The molecule has 0 radical (unpaired) electrons. The fraction of sp³-hybridized carbons (Fsp3) is 0. The predicted molar refractivity (Wildman–Crippen MR) is 128 cm³/mol. The van der Waals surface area contributed by atoms with Crippen LogP contribution in [0.3, 0.4) is 0 Å². The van der Waals surface area contributed by atoms with E-state index in [0.29, 0.717) is 39.5 Å². The van der Waals surface area contributed by atoms with Gasteiger partial charge in [-0.25, -0.2) is 24.1 Å². The SMILES string of the molecule is Nc1ncc(-c2ccc(C(=O)O)cc2)nc1-c1nc2ccc(NC(=O)c3cccc(F)c3)cc2[nH]1. The number of carboxylic acids is 1. The molecule has 9 nitrogen and oxygen atoms in total. The molecule has 0 saturated carbocycles. The molecule has 0 aliphatic rings. The molecule has 0 unspecified atom stereocenters. The maximum Gasteiger partial charge on any atom is 0.335 e. The molecule has 0 aliphatic carbocycles. The maximum absolute atomic E-state index is 13.4. The first kappa shape index (κ1) is 21.7. The Morgan fingerprint density at radius 1 is 0.971 bits per heavy atom. The molecule has 5 aromatic rings. The van der Waals surface area contributed by atoms with Crippen molar-refractivity contribution < 1.29 is 19.1 Å². The van der Waals surface area contributed by atoms with Gasteiger partial charge in [0.1, 0.15) is 11.5 Å². The lowest BCUT2D eigenvalue weighted by atomic mass is 10.1. The minimum atomic E-state index is -1.02. The molecular formula is C25H17FN6O3. The first-order chi connectivity index (χ1) is 16.9. The highest BCUT2D eigenvalue weighted by Crippen LogP contribution is 2.27. The molecule has 2 heterocycles. The van der Waals surface area contributed by atoms with Crippen LogP contribution >= 0.6 is 0 Å². The van der Waals surface area contributed by atoms with E-state index in [9.17, 15) is 14.0 Å². The number of aromatic amines is 1. The number of aromatic nitrogens is 4. The van der Waals surface area contributed by atoms with Gasteiger partial charge >= 0.3 is 5.97 Å². The standard InChI is InChI=1S/C25H17FN6O3/c26-16-3-1-2-15(10-16)24(33)29-17-8-9-18-19(11-17)32-23(31-18)21-22(27)28-12-20(30-21)13-4-6-14(7-5-13)25(34)35/h1-12H,(H2,27,28)(H,29,33)(H,31,32)(H,34,35). The van der Waals surface area contributed by atoms with Gasteiger partial charge < -0.3 is 21.1 Å². The molecule has 5 N–H and O–H groups in total. The van der Waals surface area contributed by atoms with Crippen LogP contribution < -0.4 is 11.1 Å². The number of nitrogens with one attached hydrogen (secondary N) is 2. The predicted octanol–water partition coefficient (Wildman–Crippen LogP) is 4.36. The summed E-state index contributed by atoms with van der Waals surface area (Å²) in [5.41, 5.74) is 9.64. The summed E-state index contributed by atoms with van der Waals surface area (Å²) < 4.78 is 13.4. The van der Waals surface area contributed by atoms with E-state index >= 15 is 0 Å². The van der Waals surface area contributed by atoms with Gasteiger partial charge in [-0.15, -0.1) is 0 Å². The topological polar surface area (TPSA) is 147 Å². The number of nitrogens with zero attached hydrogens (tertiary/aromatic N) is 3. The molecule has 0 bridgehead atoms. The Kier molecular flexibility index (Phi) is 5.38. The number of carbonyl (C=O) groups excluding carboxylic acids is 1. The van der Waals surface area contributed by atoms with Crippen molar-refractivity contribution in [3.05, 3.63) is 89.9 Å². The molecule has 2 aromatic heterocycles. The second-order valence-corrected chi connectivity index (χ2v) is 7.65. The van der Waals surface area contributed by atoms with Crippen LogP contribution in [0.2, 0.25) is 0 Å². The number of nitrogen functional groups attached to an aromatic ring is 1. The number of halogens is 1. The lowest BCUT2D eigenvalue weighted by Crippen LogP contribution is -2.11. The van der Waals surface area contributed by atoms with Gasteiger partial charge in [0.05, 0.1) is 28.5 Å². The van der Waals surface area contributed by atoms with Crippen molar-refractivity contribution in [2.24, 2.45) is 0 Å². The van der Waals surface area contributed by atoms with Crippen molar-refractivity contribution >= 4 is 34.4 Å². The Labute approximate surface area is 197 Å². The van der Waals surface area contributed by atoms with Crippen LogP contribution in [0, 0.1) is 5.82 Å². The largest absolute Gasteiger partial charge is 0.478 e. The maximum atomic E-state index is 13.4. The van der Waals surface area contributed by atoms with Crippen LogP contribution in [0.5, 0.6) is 0 Å². The zero-order chi connectivity index (χ0) is 24.5. The minimum absolute atomic E-state index is 0.162. The average molecular weight is 468 g/mol. The summed E-state index contributed by atoms with van der Waals surface area (Å²) in [6.45, 7) is 0. The molecule has 1 amide bonds. The first-order valence-corrected chi connectivity index (χ1v) is 10.4. The molecule has 0 aliphatic heterocycles. The third-order valence-corrected chi connectivity index (χ3v) is 5.28. The number of H-pyrrole nitrogens is 1. The van der Waals surface area contributed by atoms with E-state index in [1.165, 1.54) is 36.5 Å². The van der Waals surface area contributed by atoms with E-state index in [-0.39, 0.29) is 16.9 Å². The van der Waals surface area contributed by atoms with Gasteiger partial charge in [0.2, 0.25) is 0 Å². The minimum Gasteiger partial charge on any atom is -0.478 e. The van der Waals surface area contributed by atoms with Crippen molar-refractivity contribution in [1.82, 2.24) is 19.9 Å². The molecule has 10 heteroatoms. The summed E-state index contributed by atoms with van der Waals surface area (Å²) in [7, 11) is 0. The monoisotopic (exact) mass is 468 g/mol. The number of hydrogen-bond acceptors (Lipinski definition) is 6. The highest BCUT2D eigenvalue weighted by atomic mass is 19.1. The Morgan fingerprint density at radius 2 is 1.77 bits per heavy atom. The van der Waals surface area contributed by atoms with E-state index in [1.54, 1.807) is 30.3 Å². The molecule has 35 heavy (non-hydrogen) atoms. The first-order valence-electron chi connectivity index (χ1n) is 10.4. The average Bonchev–Trinajstić information content (AvgIpc) is 3.27. The Hall–Kier alpha value is -5.12. The molecule has 0 fully saturated rings. The van der Waals surface area contributed by atoms with Crippen LogP contribution in [0.1, 0.15) is 20.7 Å². The zero-order valence-electron chi connectivity index (χ0n) is 18.0. The molecule has 0 atom stereocenters. The third-order valence-electron chi connectivity index (χ3n) is 5.28. The van der Waals surface area contributed by atoms with Crippen molar-refractivity contribution in [2.75, 3.05) is 11.1 Å². The second-order valence-electron chi connectivity index (χ2n) is 7.65. The number of nitrogens with two attached hydrogens (primary N) is 1. The number of carboxylic acid groups (broad SMARTS) is 1. The normalized spacial score (nSPS) is 10.9. The number of amides is 1. The Balaban J connectivity index is 1.44. The van der Waals surface area contributed by atoms with Gasteiger partial charge in [-0.05, 0) is 48.5 Å². The van der Waals surface area contributed by atoms with Gasteiger partial charge in [0, 0.05) is 16.8 Å². The summed E-state index contributed by atoms with van der Waals surface area (Å²) in [5.74, 6) is -1.42. The quantitative estimate of drug-likeness (QED) is 0.300. The number of fused-ring (bicyclic) bond motifs is 1. The van der Waals surface area contributed by atoms with E-state index < -0.39 is 17.7 Å². The number of imidazole rings is 1. The molecule has 3 aromatic carbocycles. The molecule has 172 valence electrons. The van der Waals surface area contributed by atoms with Gasteiger partial charge in [-0.2, -0.15) is 0 Å². The van der Waals surface area contributed by atoms with Crippen molar-refractivity contribution in [3.8, 4) is 22.8 Å². The van der Waals surface area contributed by atoms with Crippen LogP contribution in [0.15, 0.2) is 72.9 Å². The number of aromatic carboxylic acids is 1. The van der Waals surface area contributed by atoms with E-state index in [1.807, 2.05) is 0 Å². The molecule has 0 saturated heterocycles. The highest BCUT2D eigenvalue weighted by Gasteiger charge is 2.15. The van der Waals surface area contributed by atoms with Crippen molar-refractivity contribution in [3.63, 3.8) is 0 Å². The summed E-state index contributed by atoms with van der Waals surface area (Å²) in [6.07, 6.45) is 1.50. The molecular weight excluding hydrogens is 451 g/mol. The highest BCUT2D eigenvalue weighted by molar-refractivity contribution is 6.05. The summed E-state index contributed by atoms with van der Waals surface area (Å²) in [4.78, 5) is 40.0.